The number of methoxy groups -OCH3 is 1. The average molecular weight is 593 g/mol. The predicted molar refractivity (Wildman–Crippen MR) is 162 cm³/mol. The molecule has 0 saturated heterocycles. The summed E-state index contributed by atoms with van der Waals surface area (Å²) in [7, 11) is 1.68. The third-order valence-corrected chi connectivity index (χ3v) is 7.54. The molecule has 0 aromatic heterocycles. The molecule has 0 aliphatic carbocycles. The molecule has 3 aromatic carbocycles. The first-order chi connectivity index (χ1) is 18.4. The van der Waals surface area contributed by atoms with E-state index in [9.17, 15) is 4.79 Å². The third kappa shape index (κ3) is 6.56. The van der Waals surface area contributed by atoms with Crippen LogP contribution in [0.15, 0.2) is 77.3 Å². The summed E-state index contributed by atoms with van der Waals surface area (Å²) in [6.45, 7) is 12.4. The van der Waals surface area contributed by atoms with Crippen LogP contribution in [0.5, 0.6) is 5.75 Å². The summed E-state index contributed by atoms with van der Waals surface area (Å²) in [6.07, 6.45) is 2.35. The van der Waals surface area contributed by atoms with Crippen LogP contribution in [-0.2, 0) is 15.9 Å². The summed E-state index contributed by atoms with van der Waals surface area (Å²) in [5.41, 5.74) is 4.73. The van der Waals surface area contributed by atoms with Crippen molar-refractivity contribution >= 4 is 33.3 Å². The van der Waals surface area contributed by atoms with Gasteiger partial charge in [0.2, 0.25) is 0 Å². The Labute approximate surface area is 240 Å². The Balaban J connectivity index is 1.74. The molecule has 0 saturated carbocycles. The molecule has 1 aliphatic rings. The van der Waals surface area contributed by atoms with Crippen LogP contribution >= 0.6 is 15.9 Å². The van der Waals surface area contributed by atoms with Gasteiger partial charge in [-0.3, -0.25) is 4.90 Å². The molecule has 0 spiro atoms. The Morgan fingerprint density at radius 2 is 1.69 bits per heavy atom. The summed E-state index contributed by atoms with van der Waals surface area (Å²) >= 11 is 3.63. The number of hydrogen-bond donors (Lipinski definition) is 0. The Kier molecular flexibility index (Phi) is 8.57. The van der Waals surface area contributed by atoms with Gasteiger partial charge in [-0.1, -0.05) is 64.5 Å². The minimum absolute atomic E-state index is 0.195. The second-order valence-corrected chi connectivity index (χ2v) is 12.2. The van der Waals surface area contributed by atoms with Crippen LogP contribution < -0.4 is 9.64 Å². The average Bonchev–Trinajstić information content (AvgIpc) is 2.87. The maximum Gasteiger partial charge on any atom is 0.415 e. The van der Waals surface area contributed by atoms with Gasteiger partial charge in [-0.15, -0.1) is 0 Å². The van der Waals surface area contributed by atoms with Gasteiger partial charge in [-0.2, -0.15) is 0 Å². The number of anilines is 1. The van der Waals surface area contributed by atoms with Crippen LogP contribution in [0.3, 0.4) is 0 Å². The fourth-order valence-corrected chi connectivity index (χ4v) is 5.44. The van der Waals surface area contributed by atoms with Gasteiger partial charge in [0.25, 0.3) is 0 Å². The lowest BCUT2D eigenvalue weighted by molar-refractivity contribution is 0.0554. The number of ether oxygens (including phenoxy) is 3. The summed E-state index contributed by atoms with van der Waals surface area (Å²) in [4.78, 5) is 15.3. The molecular weight excluding hydrogens is 554 g/mol. The highest BCUT2D eigenvalue weighted by molar-refractivity contribution is 9.10. The molecule has 5 nitrogen and oxygen atoms in total. The fraction of sp³-hybridized carbons (Fsp3) is 0.364. The van der Waals surface area contributed by atoms with Gasteiger partial charge >= 0.3 is 6.09 Å². The molecule has 3 aromatic rings. The lowest BCUT2D eigenvalue weighted by atomic mass is 9.84. The number of nitrogens with zero attached hydrogens (tertiary/aromatic N) is 1. The van der Waals surface area contributed by atoms with Crippen LogP contribution in [0.4, 0.5) is 10.5 Å². The van der Waals surface area contributed by atoms with E-state index < -0.39 is 11.1 Å². The molecular formula is C33H38BrNO4. The van der Waals surface area contributed by atoms with Gasteiger partial charge in [0.15, 0.2) is 0 Å². The number of hydrogen-bond acceptors (Lipinski definition) is 4. The third-order valence-electron chi connectivity index (χ3n) is 6.76. The van der Waals surface area contributed by atoms with Gasteiger partial charge in [-0.25, -0.2) is 4.79 Å². The highest BCUT2D eigenvalue weighted by atomic mass is 79.9. The SMILES string of the molecule is COc1ccccc1-c1ccc2c(c1)C(C(C)OCCc1ccccc1Br)=CC(C)(C)N2C(=O)OC(C)(C)C. The van der Waals surface area contributed by atoms with Crippen LogP contribution in [0.25, 0.3) is 16.7 Å². The number of carbonyl (C=O) groups excluding carboxylic acids is 1. The normalized spacial score (nSPS) is 15.3. The molecule has 206 valence electrons. The highest BCUT2D eigenvalue weighted by Crippen LogP contribution is 2.44. The molecule has 1 heterocycles. The molecule has 0 bridgehead atoms. The standard InChI is InChI=1S/C33H38BrNO4/c1-22(38-19-18-23-12-8-10-14-28(23)34)27-21-33(5,6)35(31(36)39-32(2,3)4)29-17-16-24(20-26(27)29)25-13-9-11-15-30(25)37-7/h8-17,20-22H,18-19H2,1-7H3. The molecule has 6 heteroatoms. The number of benzene rings is 3. The van der Waals surface area contributed by atoms with Crippen molar-refractivity contribution in [3.8, 4) is 16.9 Å². The molecule has 1 aliphatic heterocycles. The number of para-hydroxylation sites is 1. The summed E-state index contributed by atoms with van der Waals surface area (Å²) in [5, 5.41) is 0. The second kappa shape index (κ2) is 11.6. The van der Waals surface area contributed by atoms with Crippen molar-refractivity contribution < 1.29 is 19.0 Å². The molecule has 0 radical (unpaired) electrons. The molecule has 39 heavy (non-hydrogen) atoms. The zero-order valence-electron chi connectivity index (χ0n) is 23.9. The van der Waals surface area contributed by atoms with E-state index in [2.05, 4.69) is 41.1 Å². The van der Waals surface area contributed by atoms with Crippen molar-refractivity contribution in [2.75, 3.05) is 18.6 Å². The summed E-state index contributed by atoms with van der Waals surface area (Å²) < 4.78 is 19.0. The van der Waals surface area contributed by atoms with Crippen molar-refractivity contribution in [3.63, 3.8) is 0 Å². The number of halogens is 1. The van der Waals surface area contributed by atoms with Gasteiger partial charge in [0.05, 0.1) is 31.0 Å². The Morgan fingerprint density at radius 1 is 1.00 bits per heavy atom. The zero-order valence-corrected chi connectivity index (χ0v) is 25.5. The van der Waals surface area contributed by atoms with Gasteiger partial charge in [0.1, 0.15) is 11.4 Å². The molecule has 1 amide bonds. The van der Waals surface area contributed by atoms with Crippen LogP contribution in [0.1, 0.15) is 52.7 Å². The van der Waals surface area contributed by atoms with Crippen molar-refractivity contribution in [2.24, 2.45) is 0 Å². The largest absolute Gasteiger partial charge is 0.496 e. The first-order valence-corrected chi connectivity index (χ1v) is 14.1. The van der Waals surface area contributed by atoms with Crippen molar-refractivity contribution in [1.82, 2.24) is 0 Å². The quantitative estimate of drug-likeness (QED) is 0.275. The van der Waals surface area contributed by atoms with E-state index in [4.69, 9.17) is 14.2 Å². The van der Waals surface area contributed by atoms with E-state index in [1.807, 2.05) is 89.2 Å². The fourth-order valence-electron chi connectivity index (χ4n) is 4.96. The van der Waals surface area contributed by atoms with Gasteiger partial charge in [0, 0.05) is 15.6 Å². The lowest BCUT2D eigenvalue weighted by Crippen LogP contribution is -2.51. The molecule has 1 atom stereocenters. The van der Waals surface area contributed by atoms with Crippen molar-refractivity contribution in [1.29, 1.82) is 0 Å². The molecule has 0 fully saturated rings. The maximum atomic E-state index is 13.5. The Bertz CT molecular complexity index is 1370. The molecule has 1 unspecified atom stereocenters. The first-order valence-electron chi connectivity index (χ1n) is 13.3. The molecule has 0 N–H and O–H groups in total. The predicted octanol–water partition coefficient (Wildman–Crippen LogP) is 8.69. The number of amides is 1. The zero-order chi connectivity index (χ0) is 28.4. The van der Waals surface area contributed by atoms with E-state index >= 15 is 0 Å². The van der Waals surface area contributed by atoms with Crippen LogP contribution in [-0.4, -0.2) is 37.1 Å². The van der Waals surface area contributed by atoms with Gasteiger partial charge < -0.3 is 14.2 Å². The highest BCUT2D eigenvalue weighted by Gasteiger charge is 2.40. The van der Waals surface area contributed by atoms with E-state index in [0.717, 1.165) is 44.6 Å². The Hall–Kier alpha value is -3.09. The number of fused-ring (bicyclic) bond motifs is 1. The second-order valence-electron chi connectivity index (χ2n) is 11.4. The number of rotatable bonds is 7. The smallest absolute Gasteiger partial charge is 0.415 e. The molecule has 4 rings (SSSR count). The first kappa shape index (κ1) is 28.9. The van der Waals surface area contributed by atoms with E-state index in [1.165, 1.54) is 5.56 Å². The summed E-state index contributed by atoms with van der Waals surface area (Å²) in [6, 6.07) is 22.3. The van der Waals surface area contributed by atoms with Crippen molar-refractivity contribution in [2.45, 2.75) is 65.2 Å². The lowest BCUT2D eigenvalue weighted by Gasteiger charge is -2.43. The minimum Gasteiger partial charge on any atom is -0.496 e. The Morgan fingerprint density at radius 3 is 2.38 bits per heavy atom. The minimum atomic E-state index is -0.628. The topological polar surface area (TPSA) is 48.0 Å². The maximum absolute atomic E-state index is 13.5. The van der Waals surface area contributed by atoms with E-state index in [0.29, 0.717) is 6.61 Å². The van der Waals surface area contributed by atoms with Crippen LogP contribution in [0, 0.1) is 0 Å². The van der Waals surface area contributed by atoms with E-state index in [1.54, 1.807) is 12.0 Å². The summed E-state index contributed by atoms with van der Waals surface area (Å²) in [5.74, 6) is 0.792. The number of carbonyl (C=O) groups is 1. The monoisotopic (exact) mass is 591 g/mol. The van der Waals surface area contributed by atoms with E-state index in [-0.39, 0.29) is 12.2 Å². The van der Waals surface area contributed by atoms with Crippen molar-refractivity contribution in [3.05, 3.63) is 88.4 Å². The van der Waals surface area contributed by atoms with Crippen LogP contribution in [0.2, 0.25) is 0 Å². The van der Waals surface area contributed by atoms with Gasteiger partial charge in [-0.05, 0) is 88.9 Å².